The minimum absolute atomic E-state index is 0.00294. The first kappa shape index (κ1) is 24.7. The van der Waals surface area contributed by atoms with Crippen LogP contribution in [0, 0.1) is 5.82 Å². The number of aromatic nitrogens is 1. The van der Waals surface area contributed by atoms with Crippen molar-refractivity contribution in [3.8, 4) is 0 Å². The standard InChI is InChI=1S/C27H21F4N3O3S/c28-20-2-1-3-23-26(20)18-12-15(4-5-21(18)34-23)33-22-6-9-32-24-14-19(27(29,30)31)25(13-17(22)24)38(35,36)16-7-10-37-11-8-16/h1-4,6,9,12-14,16H,5,7-8,10-11H2,(H,32,33). The lowest BCUT2D eigenvalue weighted by Crippen LogP contribution is -2.30. The van der Waals surface area contributed by atoms with Gasteiger partial charge in [-0.15, -0.1) is 0 Å². The van der Waals surface area contributed by atoms with Crippen LogP contribution in [0.1, 0.15) is 30.4 Å². The van der Waals surface area contributed by atoms with Crippen molar-refractivity contribution in [1.82, 2.24) is 4.98 Å². The molecule has 0 amide bonds. The highest BCUT2D eigenvalue weighted by atomic mass is 32.2. The summed E-state index contributed by atoms with van der Waals surface area (Å²) in [6, 6.07) is 8.09. The van der Waals surface area contributed by atoms with Crippen molar-refractivity contribution in [1.29, 1.82) is 0 Å². The fourth-order valence-electron chi connectivity index (χ4n) is 5.10. The maximum atomic E-state index is 14.5. The van der Waals surface area contributed by atoms with Gasteiger partial charge in [-0.05, 0) is 49.2 Å². The molecular formula is C27H21F4N3O3S. The first-order valence-electron chi connectivity index (χ1n) is 12.0. The molecule has 3 aromatic rings. The Bertz CT molecular complexity index is 1670. The van der Waals surface area contributed by atoms with E-state index in [9.17, 15) is 26.0 Å². The summed E-state index contributed by atoms with van der Waals surface area (Å²) < 4.78 is 88.7. The quantitative estimate of drug-likeness (QED) is 0.396. The molecule has 6 nitrogen and oxygen atoms in total. The molecule has 1 aliphatic carbocycles. The fraction of sp³-hybridized carbons (Fsp3) is 0.259. The third-order valence-electron chi connectivity index (χ3n) is 6.98. The van der Waals surface area contributed by atoms with Crippen LogP contribution in [-0.4, -0.2) is 37.6 Å². The zero-order valence-corrected chi connectivity index (χ0v) is 20.7. The van der Waals surface area contributed by atoms with E-state index in [-0.39, 0.29) is 37.0 Å². The number of nitrogens with one attached hydrogen (secondary N) is 1. The van der Waals surface area contributed by atoms with Gasteiger partial charge < -0.3 is 10.1 Å². The van der Waals surface area contributed by atoms with E-state index in [2.05, 4.69) is 15.3 Å². The molecule has 38 heavy (non-hydrogen) atoms. The number of nitrogens with zero attached hydrogens (tertiary/aromatic N) is 2. The Labute approximate surface area is 215 Å². The summed E-state index contributed by atoms with van der Waals surface area (Å²) in [5, 5.41) is 2.43. The molecule has 2 aliphatic heterocycles. The zero-order chi connectivity index (χ0) is 26.7. The molecule has 1 N–H and O–H groups in total. The average molecular weight is 544 g/mol. The molecule has 1 fully saturated rings. The van der Waals surface area contributed by atoms with E-state index in [1.807, 2.05) is 6.08 Å². The fourth-order valence-corrected chi connectivity index (χ4v) is 7.04. The van der Waals surface area contributed by atoms with Crippen molar-refractivity contribution < 1.29 is 30.7 Å². The van der Waals surface area contributed by atoms with Gasteiger partial charge in [0.1, 0.15) is 5.82 Å². The van der Waals surface area contributed by atoms with E-state index in [1.165, 1.54) is 12.3 Å². The summed E-state index contributed by atoms with van der Waals surface area (Å²) in [7, 11) is -4.31. The Balaban J connectivity index is 1.43. The van der Waals surface area contributed by atoms with Crippen LogP contribution in [0.3, 0.4) is 0 Å². The highest BCUT2D eigenvalue weighted by molar-refractivity contribution is 7.92. The lowest BCUT2D eigenvalue weighted by Gasteiger charge is -2.24. The molecule has 196 valence electrons. The van der Waals surface area contributed by atoms with Crippen LogP contribution in [0.2, 0.25) is 0 Å². The highest BCUT2D eigenvalue weighted by Gasteiger charge is 2.41. The Hall–Kier alpha value is -3.57. The number of alkyl halides is 3. The molecule has 0 saturated carbocycles. The normalized spacial score (nSPS) is 17.9. The van der Waals surface area contributed by atoms with Crippen LogP contribution < -0.4 is 5.32 Å². The van der Waals surface area contributed by atoms with Crippen LogP contribution in [0.4, 0.5) is 28.9 Å². The van der Waals surface area contributed by atoms with Crippen molar-refractivity contribution in [3.63, 3.8) is 0 Å². The van der Waals surface area contributed by atoms with Crippen LogP contribution in [0.5, 0.6) is 0 Å². The number of benzene rings is 2. The lowest BCUT2D eigenvalue weighted by atomic mass is 9.95. The van der Waals surface area contributed by atoms with Gasteiger partial charge in [-0.25, -0.2) is 12.8 Å². The Morgan fingerprint density at radius 1 is 1.08 bits per heavy atom. The molecule has 3 aliphatic rings. The zero-order valence-electron chi connectivity index (χ0n) is 19.8. The van der Waals surface area contributed by atoms with Crippen LogP contribution in [0.25, 0.3) is 16.5 Å². The maximum Gasteiger partial charge on any atom is 0.417 e. The van der Waals surface area contributed by atoms with Crippen molar-refractivity contribution in [2.24, 2.45) is 4.99 Å². The van der Waals surface area contributed by atoms with Crippen molar-refractivity contribution in [3.05, 3.63) is 77.4 Å². The van der Waals surface area contributed by atoms with Gasteiger partial charge in [0.2, 0.25) is 0 Å². The molecule has 0 spiro atoms. The number of hydrogen-bond acceptors (Lipinski definition) is 6. The largest absolute Gasteiger partial charge is 0.417 e. The van der Waals surface area contributed by atoms with Crippen molar-refractivity contribution in [2.75, 3.05) is 18.5 Å². The van der Waals surface area contributed by atoms with E-state index in [0.29, 0.717) is 34.6 Å². The van der Waals surface area contributed by atoms with E-state index < -0.39 is 37.5 Å². The van der Waals surface area contributed by atoms with Gasteiger partial charge in [-0.3, -0.25) is 9.98 Å². The summed E-state index contributed by atoms with van der Waals surface area (Å²) in [4.78, 5) is 7.80. The number of aliphatic imine (C=N–C) groups is 1. The third kappa shape index (κ3) is 4.19. The van der Waals surface area contributed by atoms with Gasteiger partial charge in [-0.1, -0.05) is 12.1 Å². The number of hydrogen-bond donors (Lipinski definition) is 1. The maximum absolute atomic E-state index is 14.5. The Morgan fingerprint density at radius 3 is 2.63 bits per heavy atom. The second-order valence-electron chi connectivity index (χ2n) is 9.32. The monoisotopic (exact) mass is 543 g/mol. The molecule has 0 radical (unpaired) electrons. The van der Waals surface area contributed by atoms with Crippen LogP contribution >= 0.6 is 0 Å². The molecule has 0 unspecified atom stereocenters. The predicted molar refractivity (Wildman–Crippen MR) is 136 cm³/mol. The minimum atomic E-state index is -4.89. The first-order valence-corrected chi connectivity index (χ1v) is 13.5. The molecule has 6 rings (SSSR count). The number of fused-ring (bicyclic) bond motifs is 4. The summed E-state index contributed by atoms with van der Waals surface area (Å²) in [6.07, 6.45) is 0.697. The molecule has 11 heteroatoms. The molecule has 0 bridgehead atoms. The number of ether oxygens (including phenoxy) is 1. The average Bonchev–Trinajstić information content (AvgIpc) is 3.27. The Morgan fingerprint density at radius 2 is 1.87 bits per heavy atom. The number of halogens is 4. The summed E-state index contributed by atoms with van der Waals surface area (Å²) in [5.74, 6) is -0.397. The smallest absolute Gasteiger partial charge is 0.381 e. The van der Waals surface area contributed by atoms with E-state index >= 15 is 0 Å². The van der Waals surface area contributed by atoms with Gasteiger partial charge in [0.15, 0.2) is 9.84 Å². The molecule has 3 heterocycles. The summed E-state index contributed by atoms with van der Waals surface area (Å²) >= 11 is 0. The third-order valence-corrected chi connectivity index (χ3v) is 9.28. The van der Waals surface area contributed by atoms with Crippen LogP contribution in [0.15, 0.2) is 70.3 Å². The number of rotatable bonds is 4. The van der Waals surface area contributed by atoms with E-state index in [0.717, 1.165) is 17.8 Å². The second-order valence-corrected chi connectivity index (χ2v) is 11.5. The molecule has 2 aromatic carbocycles. The minimum Gasteiger partial charge on any atom is -0.381 e. The SMILES string of the molecule is O=S(=O)(c1cc2c(NC3=CCC4=Nc5cccc(F)c5C4=C3)ccnc2cc1C(F)(F)F)C1CCOCC1. The Kier molecular flexibility index (Phi) is 5.88. The second kappa shape index (κ2) is 9.02. The van der Waals surface area contributed by atoms with Crippen LogP contribution in [-0.2, 0) is 20.8 Å². The van der Waals surface area contributed by atoms with Crippen molar-refractivity contribution >= 4 is 43.4 Å². The van der Waals surface area contributed by atoms with Gasteiger partial charge >= 0.3 is 6.18 Å². The topological polar surface area (TPSA) is 80.7 Å². The van der Waals surface area contributed by atoms with Gasteiger partial charge in [0.05, 0.1) is 32.6 Å². The lowest BCUT2D eigenvalue weighted by molar-refractivity contribution is -0.139. The highest BCUT2D eigenvalue weighted by Crippen LogP contribution is 2.42. The molecule has 1 aromatic heterocycles. The molecular weight excluding hydrogens is 522 g/mol. The first-order chi connectivity index (χ1) is 18.1. The van der Waals surface area contributed by atoms with E-state index in [1.54, 1.807) is 24.3 Å². The number of sulfone groups is 1. The summed E-state index contributed by atoms with van der Waals surface area (Å²) in [5.41, 5.74) is 2.00. The van der Waals surface area contributed by atoms with Gasteiger partial charge in [0, 0.05) is 53.7 Å². The van der Waals surface area contributed by atoms with E-state index in [4.69, 9.17) is 4.74 Å². The number of pyridine rings is 1. The molecule has 1 saturated heterocycles. The molecule has 0 atom stereocenters. The van der Waals surface area contributed by atoms with Gasteiger partial charge in [-0.2, -0.15) is 13.2 Å². The number of anilines is 1. The van der Waals surface area contributed by atoms with Crippen molar-refractivity contribution in [2.45, 2.75) is 35.6 Å². The summed E-state index contributed by atoms with van der Waals surface area (Å²) in [6.45, 7) is 0.343. The van der Waals surface area contributed by atoms with Gasteiger partial charge in [0.25, 0.3) is 0 Å². The predicted octanol–water partition coefficient (Wildman–Crippen LogP) is 6.21. The number of allylic oxidation sites excluding steroid dienone is 3.